The summed E-state index contributed by atoms with van der Waals surface area (Å²) in [7, 11) is 0. The molecule has 2 rings (SSSR count). The Labute approximate surface area is 126 Å². The van der Waals surface area contributed by atoms with Crippen molar-refractivity contribution in [1.29, 1.82) is 0 Å². The first-order chi connectivity index (χ1) is 9.61. The van der Waals surface area contributed by atoms with E-state index in [1.165, 1.54) is 27.1 Å². The summed E-state index contributed by atoms with van der Waals surface area (Å²) >= 11 is 1.74. The maximum atomic E-state index is 4.20. The molecule has 0 aliphatic heterocycles. The highest BCUT2D eigenvalue weighted by atomic mass is 32.1. The lowest BCUT2D eigenvalue weighted by Gasteiger charge is -2.23. The SMILES string of the molecule is CCCNC(Cc1cncs1)c1c(C)cc(C)cc1C. The van der Waals surface area contributed by atoms with E-state index in [1.54, 1.807) is 11.3 Å². The van der Waals surface area contributed by atoms with Crippen LogP contribution in [0, 0.1) is 20.8 Å². The van der Waals surface area contributed by atoms with Gasteiger partial charge in [0.2, 0.25) is 0 Å². The van der Waals surface area contributed by atoms with Gasteiger partial charge in [-0.05, 0) is 50.4 Å². The van der Waals surface area contributed by atoms with Crippen LogP contribution in [-0.2, 0) is 6.42 Å². The van der Waals surface area contributed by atoms with Gasteiger partial charge in [0, 0.05) is 23.5 Å². The first-order valence-corrected chi connectivity index (χ1v) is 8.18. The smallest absolute Gasteiger partial charge is 0.0794 e. The molecule has 2 aromatic rings. The van der Waals surface area contributed by atoms with Gasteiger partial charge in [0.15, 0.2) is 0 Å². The summed E-state index contributed by atoms with van der Waals surface area (Å²) < 4.78 is 0. The molecular weight excluding hydrogens is 264 g/mol. The van der Waals surface area contributed by atoms with Gasteiger partial charge >= 0.3 is 0 Å². The maximum absolute atomic E-state index is 4.20. The average Bonchev–Trinajstić information content (AvgIpc) is 2.87. The van der Waals surface area contributed by atoms with Gasteiger partial charge in [0.05, 0.1) is 5.51 Å². The number of hydrogen-bond donors (Lipinski definition) is 1. The zero-order valence-corrected chi connectivity index (χ0v) is 13.7. The third-order valence-corrected chi connectivity index (χ3v) is 4.42. The molecule has 0 amide bonds. The Morgan fingerprint density at radius 3 is 2.45 bits per heavy atom. The molecule has 1 unspecified atom stereocenters. The monoisotopic (exact) mass is 288 g/mol. The number of aryl methyl sites for hydroxylation is 3. The van der Waals surface area contributed by atoms with Gasteiger partial charge in [-0.1, -0.05) is 24.6 Å². The third kappa shape index (κ3) is 3.68. The van der Waals surface area contributed by atoms with Crippen LogP contribution < -0.4 is 5.32 Å². The Morgan fingerprint density at radius 1 is 1.20 bits per heavy atom. The number of aromatic nitrogens is 1. The summed E-state index contributed by atoms with van der Waals surface area (Å²) in [5.74, 6) is 0. The Kier molecular flexibility index (Phi) is 5.32. The van der Waals surface area contributed by atoms with E-state index < -0.39 is 0 Å². The van der Waals surface area contributed by atoms with Crippen LogP contribution in [0.4, 0.5) is 0 Å². The summed E-state index contributed by atoms with van der Waals surface area (Å²) in [6, 6.07) is 4.96. The van der Waals surface area contributed by atoms with Crippen LogP contribution in [0.15, 0.2) is 23.8 Å². The number of hydrogen-bond acceptors (Lipinski definition) is 3. The van der Waals surface area contributed by atoms with Crippen molar-refractivity contribution in [2.24, 2.45) is 0 Å². The number of rotatable bonds is 6. The van der Waals surface area contributed by atoms with Gasteiger partial charge in [-0.15, -0.1) is 11.3 Å². The van der Waals surface area contributed by atoms with Gasteiger partial charge in [-0.2, -0.15) is 0 Å². The number of benzene rings is 1. The molecule has 0 aliphatic carbocycles. The highest BCUT2D eigenvalue weighted by Gasteiger charge is 2.17. The van der Waals surface area contributed by atoms with E-state index in [9.17, 15) is 0 Å². The molecule has 108 valence electrons. The van der Waals surface area contributed by atoms with E-state index in [-0.39, 0.29) is 0 Å². The van der Waals surface area contributed by atoms with E-state index in [0.29, 0.717) is 6.04 Å². The van der Waals surface area contributed by atoms with E-state index in [0.717, 1.165) is 19.4 Å². The maximum Gasteiger partial charge on any atom is 0.0794 e. The summed E-state index contributed by atoms with van der Waals surface area (Å²) in [5.41, 5.74) is 7.50. The first kappa shape index (κ1) is 15.2. The first-order valence-electron chi connectivity index (χ1n) is 7.30. The molecule has 2 nitrogen and oxygen atoms in total. The van der Waals surface area contributed by atoms with Crippen molar-refractivity contribution in [2.75, 3.05) is 6.54 Å². The van der Waals surface area contributed by atoms with Gasteiger partial charge in [-0.3, -0.25) is 4.98 Å². The minimum atomic E-state index is 0.385. The van der Waals surface area contributed by atoms with Crippen molar-refractivity contribution >= 4 is 11.3 Å². The van der Waals surface area contributed by atoms with Gasteiger partial charge in [0.1, 0.15) is 0 Å². The molecule has 1 aromatic heterocycles. The number of thiazole rings is 1. The minimum Gasteiger partial charge on any atom is -0.310 e. The minimum absolute atomic E-state index is 0.385. The van der Waals surface area contributed by atoms with E-state index >= 15 is 0 Å². The molecule has 1 N–H and O–H groups in total. The zero-order valence-electron chi connectivity index (χ0n) is 12.9. The molecule has 1 heterocycles. The summed E-state index contributed by atoms with van der Waals surface area (Å²) in [5, 5.41) is 3.70. The van der Waals surface area contributed by atoms with Gasteiger partial charge < -0.3 is 5.32 Å². The predicted octanol–water partition coefficient (Wildman–Crippen LogP) is 4.35. The van der Waals surface area contributed by atoms with E-state index in [1.807, 2.05) is 11.7 Å². The number of nitrogens with one attached hydrogen (secondary N) is 1. The summed E-state index contributed by atoms with van der Waals surface area (Å²) in [6.07, 6.45) is 4.17. The lowest BCUT2D eigenvalue weighted by atomic mass is 9.92. The Balaban J connectivity index is 2.30. The predicted molar refractivity (Wildman–Crippen MR) is 87.5 cm³/mol. The van der Waals surface area contributed by atoms with E-state index in [4.69, 9.17) is 0 Å². The highest BCUT2D eigenvalue weighted by molar-refractivity contribution is 7.09. The summed E-state index contributed by atoms with van der Waals surface area (Å²) in [4.78, 5) is 5.54. The average molecular weight is 288 g/mol. The molecule has 0 bridgehead atoms. The fraction of sp³-hybridized carbons (Fsp3) is 0.471. The Bertz CT molecular complexity index is 523. The largest absolute Gasteiger partial charge is 0.310 e. The summed E-state index contributed by atoms with van der Waals surface area (Å²) in [6.45, 7) is 9.88. The lowest BCUT2D eigenvalue weighted by molar-refractivity contribution is 0.527. The molecule has 3 heteroatoms. The van der Waals surface area contributed by atoms with Crippen molar-refractivity contribution in [1.82, 2.24) is 10.3 Å². The van der Waals surface area contributed by atoms with Crippen LogP contribution in [0.5, 0.6) is 0 Å². The second-order valence-corrected chi connectivity index (χ2v) is 6.46. The molecule has 1 atom stereocenters. The quantitative estimate of drug-likeness (QED) is 0.854. The van der Waals surface area contributed by atoms with Crippen molar-refractivity contribution in [3.63, 3.8) is 0 Å². The van der Waals surface area contributed by atoms with Crippen molar-refractivity contribution in [3.05, 3.63) is 51.0 Å². The third-order valence-electron chi connectivity index (χ3n) is 3.62. The molecule has 0 saturated carbocycles. The fourth-order valence-electron chi connectivity index (χ4n) is 2.88. The van der Waals surface area contributed by atoms with Crippen LogP contribution in [0.1, 0.15) is 46.5 Å². The van der Waals surface area contributed by atoms with Crippen molar-refractivity contribution in [3.8, 4) is 0 Å². The molecule has 0 spiro atoms. The molecule has 0 radical (unpaired) electrons. The van der Waals surface area contributed by atoms with Crippen LogP contribution >= 0.6 is 11.3 Å². The molecule has 0 fully saturated rings. The molecule has 0 aliphatic rings. The Hall–Kier alpha value is -1.19. The normalized spacial score (nSPS) is 12.6. The van der Waals surface area contributed by atoms with Crippen molar-refractivity contribution < 1.29 is 0 Å². The second-order valence-electron chi connectivity index (χ2n) is 5.49. The van der Waals surface area contributed by atoms with E-state index in [2.05, 4.69) is 50.1 Å². The zero-order chi connectivity index (χ0) is 14.5. The van der Waals surface area contributed by atoms with Crippen LogP contribution in [0.2, 0.25) is 0 Å². The standard InChI is InChI=1S/C17H24N2S/c1-5-6-19-16(9-15-10-18-11-20-15)17-13(3)7-12(2)8-14(17)4/h7-8,10-11,16,19H,5-6,9H2,1-4H3. The molecule has 20 heavy (non-hydrogen) atoms. The Morgan fingerprint density at radius 2 is 1.90 bits per heavy atom. The topological polar surface area (TPSA) is 24.9 Å². The number of nitrogens with zero attached hydrogens (tertiary/aromatic N) is 1. The molecular formula is C17H24N2S. The van der Waals surface area contributed by atoms with Gasteiger partial charge in [-0.25, -0.2) is 0 Å². The molecule has 1 aromatic carbocycles. The lowest BCUT2D eigenvalue weighted by Crippen LogP contribution is -2.25. The van der Waals surface area contributed by atoms with Crippen LogP contribution in [-0.4, -0.2) is 11.5 Å². The highest BCUT2D eigenvalue weighted by Crippen LogP contribution is 2.27. The second kappa shape index (κ2) is 7.00. The van der Waals surface area contributed by atoms with Crippen LogP contribution in [0.25, 0.3) is 0 Å². The molecule has 0 saturated heterocycles. The fourth-order valence-corrected chi connectivity index (χ4v) is 3.52. The van der Waals surface area contributed by atoms with Gasteiger partial charge in [0.25, 0.3) is 0 Å². The van der Waals surface area contributed by atoms with Crippen LogP contribution in [0.3, 0.4) is 0 Å². The van der Waals surface area contributed by atoms with Crippen molar-refractivity contribution in [2.45, 2.75) is 46.6 Å².